The summed E-state index contributed by atoms with van der Waals surface area (Å²) in [6.07, 6.45) is 0. The molecule has 5 aromatic rings. The molecule has 0 aliphatic rings. The summed E-state index contributed by atoms with van der Waals surface area (Å²) in [5, 5.41) is 3.89. The maximum atomic E-state index is 3.62. The van der Waals surface area contributed by atoms with Gasteiger partial charge in [0, 0.05) is 22.5 Å². The third kappa shape index (κ3) is 2.90. The number of benzene rings is 4. The van der Waals surface area contributed by atoms with Gasteiger partial charge in [0.15, 0.2) is 0 Å². The fraction of sp³-hybridized carbons (Fsp3) is 0.111. The Morgan fingerprint density at radius 3 is 2.36 bits per heavy atom. The summed E-state index contributed by atoms with van der Waals surface area (Å²) in [5.41, 5.74) is 7.59. The van der Waals surface area contributed by atoms with Gasteiger partial charge >= 0.3 is 0 Å². The van der Waals surface area contributed by atoms with E-state index in [2.05, 4.69) is 110 Å². The van der Waals surface area contributed by atoms with Crippen LogP contribution in [-0.4, -0.2) is 4.98 Å². The van der Waals surface area contributed by atoms with Gasteiger partial charge in [0.05, 0.1) is 0 Å². The van der Waals surface area contributed by atoms with Crippen molar-refractivity contribution in [2.75, 3.05) is 0 Å². The molecule has 0 bridgehead atoms. The molecule has 5 rings (SSSR count). The van der Waals surface area contributed by atoms with Gasteiger partial charge < -0.3 is 4.98 Å². The predicted octanol–water partition coefficient (Wildman–Crippen LogP) is 7.45. The Hall–Kier alpha value is -3.32. The van der Waals surface area contributed by atoms with Crippen molar-refractivity contribution >= 4 is 21.7 Å². The van der Waals surface area contributed by atoms with Crippen molar-refractivity contribution in [3.63, 3.8) is 0 Å². The molecule has 1 N–H and O–H groups in total. The first-order valence-electron chi connectivity index (χ1n) is 9.86. The van der Waals surface area contributed by atoms with E-state index in [-0.39, 0.29) is 0 Å². The van der Waals surface area contributed by atoms with E-state index in [1.54, 1.807) is 0 Å². The molecule has 0 spiro atoms. The van der Waals surface area contributed by atoms with Crippen molar-refractivity contribution in [1.29, 1.82) is 0 Å². The molecule has 0 saturated heterocycles. The van der Waals surface area contributed by atoms with Gasteiger partial charge in [-0.1, -0.05) is 91.3 Å². The van der Waals surface area contributed by atoms with Crippen LogP contribution in [0.2, 0.25) is 0 Å². The van der Waals surface area contributed by atoms with Gasteiger partial charge in [-0.15, -0.1) is 0 Å². The van der Waals surface area contributed by atoms with E-state index < -0.39 is 0 Å². The van der Waals surface area contributed by atoms with Gasteiger partial charge in [0.25, 0.3) is 0 Å². The van der Waals surface area contributed by atoms with E-state index in [0.29, 0.717) is 5.92 Å². The largest absolute Gasteiger partial charge is 0.355 e. The van der Waals surface area contributed by atoms with Gasteiger partial charge in [-0.3, -0.25) is 0 Å². The molecule has 1 unspecified atom stereocenters. The molecule has 1 heteroatoms. The minimum Gasteiger partial charge on any atom is -0.355 e. The Balaban J connectivity index is 1.56. The second-order valence-electron chi connectivity index (χ2n) is 7.69. The number of H-pyrrole nitrogens is 1. The molecule has 1 heterocycles. The third-order valence-corrected chi connectivity index (χ3v) is 5.80. The normalized spacial score (nSPS) is 12.5. The topological polar surface area (TPSA) is 15.8 Å². The van der Waals surface area contributed by atoms with Crippen LogP contribution in [0.15, 0.2) is 91.0 Å². The summed E-state index contributed by atoms with van der Waals surface area (Å²) < 4.78 is 0. The number of nitrogens with one attached hydrogen (secondary N) is 1. The maximum absolute atomic E-state index is 3.62. The van der Waals surface area contributed by atoms with Crippen LogP contribution in [0.25, 0.3) is 32.9 Å². The summed E-state index contributed by atoms with van der Waals surface area (Å²) in [7, 11) is 0. The quantitative estimate of drug-likeness (QED) is 0.343. The number of rotatable bonds is 3. The number of aromatic amines is 1. The van der Waals surface area contributed by atoms with Gasteiger partial charge in [0.2, 0.25) is 0 Å². The van der Waals surface area contributed by atoms with Gasteiger partial charge in [-0.25, -0.2) is 0 Å². The number of hydrogen-bond donors (Lipinski definition) is 1. The Bertz CT molecular complexity index is 1270. The first kappa shape index (κ1) is 16.8. The van der Waals surface area contributed by atoms with Crippen molar-refractivity contribution in [3.8, 4) is 11.3 Å². The first-order valence-corrected chi connectivity index (χ1v) is 9.86. The number of fused-ring (bicyclic) bond motifs is 2. The highest BCUT2D eigenvalue weighted by atomic mass is 14.7. The SMILES string of the molecule is Cc1ccc(-c2cc3ccc(C(C)c4cccc5ccccc45)cc3[nH]2)cc1. The van der Waals surface area contributed by atoms with E-state index in [4.69, 9.17) is 0 Å². The standard InChI is InChI=1S/C27H23N/c1-18-10-12-21(13-11-18)26-17-23-15-14-22(16-27(23)28-26)19(2)24-9-5-7-20-6-3-4-8-25(20)24/h3-17,19,28H,1-2H3. The predicted molar refractivity (Wildman–Crippen MR) is 120 cm³/mol. The molecule has 0 amide bonds. The Labute approximate surface area is 165 Å². The Morgan fingerprint density at radius 2 is 1.50 bits per heavy atom. The molecule has 0 radical (unpaired) electrons. The summed E-state index contributed by atoms with van der Waals surface area (Å²) in [6, 6.07) is 33.0. The van der Waals surface area contributed by atoms with Crippen LogP contribution in [0.1, 0.15) is 29.5 Å². The fourth-order valence-electron chi connectivity index (χ4n) is 4.11. The number of aryl methyl sites for hydroxylation is 1. The highest BCUT2D eigenvalue weighted by molar-refractivity contribution is 5.88. The smallest absolute Gasteiger partial charge is 0.0464 e. The summed E-state index contributed by atoms with van der Waals surface area (Å²) >= 11 is 0. The summed E-state index contributed by atoms with van der Waals surface area (Å²) in [6.45, 7) is 4.42. The lowest BCUT2D eigenvalue weighted by atomic mass is 9.89. The maximum Gasteiger partial charge on any atom is 0.0464 e. The second-order valence-corrected chi connectivity index (χ2v) is 7.69. The third-order valence-electron chi connectivity index (χ3n) is 5.80. The van der Waals surface area contributed by atoms with Crippen LogP contribution >= 0.6 is 0 Å². The lowest BCUT2D eigenvalue weighted by Crippen LogP contribution is -1.97. The van der Waals surface area contributed by atoms with Gasteiger partial charge in [-0.05, 0) is 46.5 Å². The van der Waals surface area contributed by atoms with E-state index in [9.17, 15) is 0 Å². The van der Waals surface area contributed by atoms with Crippen molar-refractivity contribution in [1.82, 2.24) is 4.98 Å². The van der Waals surface area contributed by atoms with Crippen LogP contribution in [-0.2, 0) is 0 Å². The Kier molecular flexibility index (Phi) is 4.02. The van der Waals surface area contributed by atoms with Crippen molar-refractivity contribution in [3.05, 3.63) is 108 Å². The monoisotopic (exact) mass is 361 g/mol. The molecule has 1 atom stereocenters. The molecule has 0 saturated carbocycles. The lowest BCUT2D eigenvalue weighted by molar-refractivity contribution is 0.935. The van der Waals surface area contributed by atoms with Crippen molar-refractivity contribution in [2.45, 2.75) is 19.8 Å². The van der Waals surface area contributed by atoms with Crippen LogP contribution in [0, 0.1) is 6.92 Å². The zero-order chi connectivity index (χ0) is 19.1. The summed E-state index contributed by atoms with van der Waals surface area (Å²) in [4.78, 5) is 3.62. The molecule has 136 valence electrons. The van der Waals surface area contributed by atoms with Crippen LogP contribution in [0.5, 0.6) is 0 Å². The fourth-order valence-corrected chi connectivity index (χ4v) is 4.11. The average molecular weight is 361 g/mol. The zero-order valence-corrected chi connectivity index (χ0v) is 16.2. The first-order chi connectivity index (χ1) is 13.7. The van der Waals surface area contributed by atoms with E-state index in [1.165, 1.54) is 49.6 Å². The molecule has 0 aliphatic carbocycles. The lowest BCUT2D eigenvalue weighted by Gasteiger charge is -2.15. The van der Waals surface area contributed by atoms with E-state index in [0.717, 1.165) is 0 Å². The van der Waals surface area contributed by atoms with Gasteiger partial charge in [0.1, 0.15) is 0 Å². The van der Waals surface area contributed by atoms with E-state index >= 15 is 0 Å². The average Bonchev–Trinajstić information content (AvgIpc) is 3.16. The van der Waals surface area contributed by atoms with Crippen LogP contribution in [0.4, 0.5) is 0 Å². The molecular weight excluding hydrogens is 338 g/mol. The molecular formula is C27H23N. The van der Waals surface area contributed by atoms with Crippen molar-refractivity contribution < 1.29 is 0 Å². The minimum absolute atomic E-state index is 0.335. The molecule has 4 aromatic carbocycles. The van der Waals surface area contributed by atoms with E-state index in [1.807, 2.05) is 0 Å². The van der Waals surface area contributed by atoms with Crippen molar-refractivity contribution in [2.24, 2.45) is 0 Å². The molecule has 0 aliphatic heterocycles. The number of hydrogen-bond acceptors (Lipinski definition) is 0. The molecule has 1 nitrogen and oxygen atoms in total. The van der Waals surface area contributed by atoms with Crippen LogP contribution < -0.4 is 0 Å². The minimum atomic E-state index is 0.335. The second kappa shape index (κ2) is 6.69. The molecule has 1 aromatic heterocycles. The number of aromatic nitrogens is 1. The highest BCUT2D eigenvalue weighted by Crippen LogP contribution is 2.33. The van der Waals surface area contributed by atoms with Crippen LogP contribution in [0.3, 0.4) is 0 Å². The Morgan fingerprint density at radius 1 is 0.714 bits per heavy atom. The highest BCUT2D eigenvalue weighted by Gasteiger charge is 2.13. The molecule has 0 fully saturated rings. The van der Waals surface area contributed by atoms with Gasteiger partial charge in [-0.2, -0.15) is 0 Å². The summed E-state index contributed by atoms with van der Waals surface area (Å²) in [5.74, 6) is 0.335. The molecule has 28 heavy (non-hydrogen) atoms. The zero-order valence-electron chi connectivity index (χ0n) is 16.2.